The maximum Gasteiger partial charge on any atom is 0.262 e. The lowest BCUT2D eigenvalue weighted by Gasteiger charge is -2.06. The molecular formula is C16H14N2O2S. The molecule has 0 radical (unpaired) electrons. The average Bonchev–Trinajstić information content (AvgIpc) is 2.78. The first-order chi connectivity index (χ1) is 10.1. The van der Waals surface area contributed by atoms with Gasteiger partial charge in [0.25, 0.3) is 5.56 Å². The van der Waals surface area contributed by atoms with Gasteiger partial charge < -0.3 is 10.1 Å². The van der Waals surface area contributed by atoms with Crippen molar-refractivity contribution in [1.29, 1.82) is 0 Å². The predicted octanol–water partition coefficient (Wildman–Crippen LogP) is 3.49. The van der Waals surface area contributed by atoms with E-state index in [1.807, 2.05) is 38.1 Å². The highest BCUT2D eigenvalue weighted by molar-refractivity contribution is 7.12. The molecule has 0 saturated heterocycles. The van der Waals surface area contributed by atoms with Gasteiger partial charge in [0.2, 0.25) is 5.88 Å². The number of aryl methyl sites for hydroxylation is 2. The Bertz CT molecular complexity index is 850. The molecule has 0 atom stereocenters. The second-order valence-corrected chi connectivity index (χ2v) is 6.27. The second kappa shape index (κ2) is 5.18. The Kier molecular flexibility index (Phi) is 3.35. The van der Waals surface area contributed by atoms with Crippen LogP contribution >= 0.6 is 11.3 Å². The van der Waals surface area contributed by atoms with E-state index >= 15 is 0 Å². The van der Waals surface area contributed by atoms with Crippen LogP contribution in [0.3, 0.4) is 0 Å². The quantitative estimate of drug-likeness (QED) is 0.761. The van der Waals surface area contributed by atoms with Crippen LogP contribution in [0.1, 0.15) is 9.75 Å². The summed E-state index contributed by atoms with van der Waals surface area (Å²) < 4.78 is 0. The molecule has 0 amide bonds. The van der Waals surface area contributed by atoms with Crippen molar-refractivity contribution < 1.29 is 5.11 Å². The summed E-state index contributed by atoms with van der Waals surface area (Å²) in [7, 11) is 0. The molecule has 2 aromatic heterocycles. The van der Waals surface area contributed by atoms with Crippen LogP contribution in [0.15, 0.2) is 41.2 Å². The van der Waals surface area contributed by atoms with Gasteiger partial charge in [0, 0.05) is 15.3 Å². The standard InChI is InChI=1S/C16H14N2O2S/c1-9-8-12(10(2)21-9)14-17-15(19)13(16(20)18-14)11-6-4-3-5-7-11/h3-8H,1-2H3,(H2,17,18,19,20). The molecule has 21 heavy (non-hydrogen) atoms. The summed E-state index contributed by atoms with van der Waals surface area (Å²) >= 11 is 1.63. The molecule has 3 rings (SSSR count). The van der Waals surface area contributed by atoms with Gasteiger partial charge in [0.1, 0.15) is 11.4 Å². The summed E-state index contributed by atoms with van der Waals surface area (Å²) in [5.74, 6) is 0.155. The first-order valence-corrected chi connectivity index (χ1v) is 7.34. The number of nitrogens with one attached hydrogen (secondary N) is 1. The van der Waals surface area contributed by atoms with Gasteiger partial charge in [-0.15, -0.1) is 11.3 Å². The Morgan fingerprint density at radius 1 is 1.19 bits per heavy atom. The van der Waals surface area contributed by atoms with Crippen molar-refractivity contribution in [2.24, 2.45) is 0 Å². The van der Waals surface area contributed by atoms with E-state index < -0.39 is 0 Å². The summed E-state index contributed by atoms with van der Waals surface area (Å²) in [6.45, 7) is 3.96. The molecule has 0 spiro atoms. The van der Waals surface area contributed by atoms with E-state index in [9.17, 15) is 9.90 Å². The van der Waals surface area contributed by atoms with Crippen molar-refractivity contribution in [3.63, 3.8) is 0 Å². The lowest BCUT2D eigenvalue weighted by atomic mass is 10.1. The minimum atomic E-state index is -0.341. The first-order valence-electron chi connectivity index (χ1n) is 6.52. The number of rotatable bonds is 2. The van der Waals surface area contributed by atoms with Gasteiger partial charge >= 0.3 is 0 Å². The summed E-state index contributed by atoms with van der Waals surface area (Å²) in [5, 5.41) is 10.2. The molecule has 0 unspecified atom stereocenters. The van der Waals surface area contributed by atoms with Gasteiger partial charge in [0.05, 0.1) is 0 Å². The molecule has 0 aliphatic rings. The van der Waals surface area contributed by atoms with E-state index in [-0.39, 0.29) is 17.0 Å². The average molecular weight is 298 g/mol. The Morgan fingerprint density at radius 3 is 2.48 bits per heavy atom. The van der Waals surface area contributed by atoms with Gasteiger partial charge in [-0.1, -0.05) is 30.3 Å². The van der Waals surface area contributed by atoms with E-state index in [1.54, 1.807) is 23.5 Å². The Morgan fingerprint density at radius 2 is 1.90 bits per heavy atom. The van der Waals surface area contributed by atoms with Crippen LogP contribution in [-0.2, 0) is 0 Å². The number of aromatic hydroxyl groups is 1. The second-order valence-electron chi connectivity index (χ2n) is 4.81. The Hall–Kier alpha value is -2.40. The molecule has 0 fully saturated rings. The number of aromatic nitrogens is 2. The van der Waals surface area contributed by atoms with E-state index in [4.69, 9.17) is 0 Å². The molecule has 106 valence electrons. The third kappa shape index (κ3) is 2.48. The fourth-order valence-corrected chi connectivity index (χ4v) is 3.25. The molecule has 4 nitrogen and oxygen atoms in total. The van der Waals surface area contributed by atoms with E-state index in [1.165, 1.54) is 0 Å². The summed E-state index contributed by atoms with van der Waals surface area (Å²) in [6, 6.07) is 11.0. The third-order valence-electron chi connectivity index (χ3n) is 3.26. The normalized spacial score (nSPS) is 10.8. The van der Waals surface area contributed by atoms with Crippen molar-refractivity contribution in [3.8, 4) is 28.4 Å². The SMILES string of the molecule is Cc1cc(-c2nc(O)c(-c3ccccc3)c(=O)[nH]2)c(C)s1. The molecule has 0 aliphatic carbocycles. The molecule has 0 saturated carbocycles. The minimum absolute atomic E-state index is 0.198. The van der Waals surface area contributed by atoms with Crippen molar-refractivity contribution in [2.45, 2.75) is 13.8 Å². The lowest BCUT2D eigenvalue weighted by Crippen LogP contribution is -2.12. The van der Waals surface area contributed by atoms with E-state index in [2.05, 4.69) is 9.97 Å². The van der Waals surface area contributed by atoms with E-state index in [0.29, 0.717) is 11.4 Å². The topological polar surface area (TPSA) is 66.0 Å². The molecule has 0 aliphatic heterocycles. The zero-order valence-electron chi connectivity index (χ0n) is 11.7. The minimum Gasteiger partial charge on any atom is -0.493 e. The number of thiophene rings is 1. The monoisotopic (exact) mass is 298 g/mol. The molecule has 5 heteroatoms. The summed E-state index contributed by atoms with van der Waals surface area (Å²) in [6.07, 6.45) is 0. The van der Waals surface area contributed by atoms with Crippen LogP contribution in [0, 0.1) is 13.8 Å². The highest BCUT2D eigenvalue weighted by Crippen LogP contribution is 2.30. The van der Waals surface area contributed by atoms with Gasteiger partial charge in [-0.05, 0) is 25.5 Å². The predicted molar refractivity (Wildman–Crippen MR) is 84.7 cm³/mol. The highest BCUT2D eigenvalue weighted by Gasteiger charge is 2.15. The number of nitrogens with zero attached hydrogens (tertiary/aromatic N) is 1. The highest BCUT2D eigenvalue weighted by atomic mass is 32.1. The third-order valence-corrected chi connectivity index (χ3v) is 4.22. The number of hydrogen-bond donors (Lipinski definition) is 2. The van der Waals surface area contributed by atoms with Gasteiger partial charge in [-0.3, -0.25) is 4.79 Å². The molecule has 1 aromatic carbocycles. The van der Waals surface area contributed by atoms with Crippen molar-refractivity contribution in [1.82, 2.24) is 9.97 Å². The molecule has 0 bridgehead atoms. The van der Waals surface area contributed by atoms with Crippen LogP contribution in [0.4, 0.5) is 0 Å². The molecule has 2 N–H and O–H groups in total. The van der Waals surface area contributed by atoms with Gasteiger partial charge in [-0.2, -0.15) is 4.98 Å². The smallest absolute Gasteiger partial charge is 0.262 e. The van der Waals surface area contributed by atoms with Crippen molar-refractivity contribution >= 4 is 11.3 Å². The van der Waals surface area contributed by atoms with Gasteiger partial charge in [0.15, 0.2) is 0 Å². The number of hydrogen-bond acceptors (Lipinski definition) is 4. The van der Waals surface area contributed by atoms with Crippen LogP contribution in [0.25, 0.3) is 22.5 Å². The first kappa shape index (κ1) is 13.6. The zero-order chi connectivity index (χ0) is 15.0. The summed E-state index contributed by atoms with van der Waals surface area (Å²) in [5.41, 5.74) is 1.36. The van der Waals surface area contributed by atoms with Crippen molar-refractivity contribution in [2.75, 3.05) is 0 Å². The van der Waals surface area contributed by atoms with Crippen LogP contribution < -0.4 is 5.56 Å². The largest absolute Gasteiger partial charge is 0.493 e. The van der Waals surface area contributed by atoms with Crippen LogP contribution in [-0.4, -0.2) is 15.1 Å². The number of H-pyrrole nitrogens is 1. The Labute approximate surface area is 125 Å². The fourth-order valence-electron chi connectivity index (χ4n) is 2.32. The molecule has 3 aromatic rings. The maximum absolute atomic E-state index is 12.3. The zero-order valence-corrected chi connectivity index (χ0v) is 12.5. The summed E-state index contributed by atoms with van der Waals surface area (Å²) in [4.78, 5) is 21.4. The fraction of sp³-hybridized carbons (Fsp3) is 0.125. The lowest BCUT2D eigenvalue weighted by molar-refractivity contribution is 0.454. The van der Waals surface area contributed by atoms with Crippen molar-refractivity contribution in [3.05, 3.63) is 56.5 Å². The van der Waals surface area contributed by atoms with E-state index in [0.717, 1.165) is 15.3 Å². The van der Waals surface area contributed by atoms with Crippen LogP contribution in [0.5, 0.6) is 5.88 Å². The molecular weight excluding hydrogens is 284 g/mol. The van der Waals surface area contributed by atoms with Crippen LogP contribution in [0.2, 0.25) is 0 Å². The molecule has 2 heterocycles. The Balaban J connectivity index is 2.17. The maximum atomic E-state index is 12.3. The number of aromatic amines is 1. The number of benzene rings is 1. The van der Waals surface area contributed by atoms with Gasteiger partial charge in [-0.25, -0.2) is 0 Å².